The summed E-state index contributed by atoms with van der Waals surface area (Å²) in [6, 6.07) is 0. The second kappa shape index (κ2) is 4.83. The van der Waals surface area contributed by atoms with Gasteiger partial charge in [0.05, 0.1) is 0 Å². The van der Waals surface area contributed by atoms with Crippen molar-refractivity contribution < 1.29 is 9.32 Å². The second-order valence-electron chi connectivity index (χ2n) is 4.72. The van der Waals surface area contributed by atoms with Gasteiger partial charge in [-0.3, -0.25) is 4.79 Å². The molecule has 1 fully saturated rings. The molecule has 19 heavy (non-hydrogen) atoms. The molecule has 0 spiro atoms. The van der Waals surface area contributed by atoms with E-state index in [-0.39, 0.29) is 11.8 Å². The largest absolute Gasteiger partial charge is 0.343 e. The van der Waals surface area contributed by atoms with E-state index in [1.165, 1.54) is 6.39 Å². The molecule has 0 aromatic carbocycles. The number of nitrogens with zero attached hydrogens (tertiary/aromatic N) is 5. The summed E-state index contributed by atoms with van der Waals surface area (Å²) in [6.07, 6.45) is 6.48. The molecule has 0 saturated carbocycles. The molecule has 7 heteroatoms. The van der Waals surface area contributed by atoms with E-state index in [0.29, 0.717) is 18.9 Å². The molecular weight excluding hydrogens is 246 g/mol. The topological polar surface area (TPSA) is 77.0 Å². The number of aryl methyl sites for hydroxylation is 1. The summed E-state index contributed by atoms with van der Waals surface area (Å²) in [6.45, 7) is 1.40. The Morgan fingerprint density at radius 2 is 2.16 bits per heavy atom. The summed E-state index contributed by atoms with van der Waals surface area (Å²) in [5.41, 5.74) is 0. The van der Waals surface area contributed by atoms with Crippen LogP contribution in [0, 0.1) is 0 Å². The fourth-order valence-electron chi connectivity index (χ4n) is 2.41. The number of piperidine rings is 1. The smallest absolute Gasteiger partial charge is 0.289 e. The average Bonchev–Trinajstić information content (AvgIpc) is 3.09. The molecule has 1 aliphatic heterocycles. The maximum Gasteiger partial charge on any atom is 0.289 e. The van der Waals surface area contributed by atoms with Crippen LogP contribution in [0.1, 0.15) is 35.2 Å². The van der Waals surface area contributed by atoms with Crippen LogP contribution in [0.2, 0.25) is 0 Å². The minimum atomic E-state index is -0.0148. The first-order valence-electron chi connectivity index (χ1n) is 6.28. The van der Waals surface area contributed by atoms with Crippen molar-refractivity contribution in [1.82, 2.24) is 24.6 Å². The zero-order valence-electron chi connectivity index (χ0n) is 10.7. The zero-order chi connectivity index (χ0) is 13.2. The summed E-state index contributed by atoms with van der Waals surface area (Å²) in [4.78, 5) is 22.3. The first kappa shape index (κ1) is 11.9. The molecule has 1 aliphatic rings. The van der Waals surface area contributed by atoms with Gasteiger partial charge in [-0.25, -0.2) is 4.98 Å². The molecule has 0 N–H and O–H groups in total. The van der Waals surface area contributed by atoms with Crippen molar-refractivity contribution in [2.24, 2.45) is 7.05 Å². The summed E-state index contributed by atoms with van der Waals surface area (Å²) in [5.74, 6) is 1.49. The van der Waals surface area contributed by atoms with E-state index in [9.17, 15) is 4.79 Å². The molecule has 0 aliphatic carbocycles. The first-order chi connectivity index (χ1) is 9.25. The van der Waals surface area contributed by atoms with Crippen molar-refractivity contribution in [3.8, 4) is 0 Å². The van der Waals surface area contributed by atoms with E-state index >= 15 is 0 Å². The SMILES string of the molecule is Cn1ccnc1C(=O)N1CCC(c2ncon2)CC1. The fourth-order valence-corrected chi connectivity index (χ4v) is 2.41. The standard InChI is InChI=1S/C12H15N5O2/c1-16-7-4-13-11(16)12(18)17-5-2-9(3-6-17)10-14-8-19-15-10/h4,7-9H,2-3,5-6H2,1H3. The molecule has 2 aromatic rings. The quantitative estimate of drug-likeness (QED) is 0.800. The van der Waals surface area contributed by atoms with E-state index in [4.69, 9.17) is 4.52 Å². The van der Waals surface area contributed by atoms with Crippen LogP contribution in [0.15, 0.2) is 23.3 Å². The Kier molecular flexibility index (Phi) is 3.02. The Balaban J connectivity index is 1.64. The molecular formula is C12H15N5O2. The molecule has 0 radical (unpaired) electrons. The van der Waals surface area contributed by atoms with Gasteiger partial charge in [-0.2, -0.15) is 4.98 Å². The molecule has 7 nitrogen and oxygen atoms in total. The Hall–Kier alpha value is -2.18. The number of likely N-dealkylation sites (tertiary alicyclic amines) is 1. The molecule has 1 saturated heterocycles. The van der Waals surface area contributed by atoms with Gasteiger partial charge in [0.25, 0.3) is 5.91 Å². The van der Waals surface area contributed by atoms with Crippen LogP contribution in [0.3, 0.4) is 0 Å². The Morgan fingerprint density at radius 1 is 1.37 bits per heavy atom. The normalized spacial score (nSPS) is 16.8. The summed E-state index contributed by atoms with van der Waals surface area (Å²) in [5, 5.41) is 3.87. The molecule has 100 valence electrons. The predicted molar refractivity (Wildman–Crippen MR) is 65.4 cm³/mol. The van der Waals surface area contributed by atoms with Crippen LogP contribution in [0.4, 0.5) is 0 Å². The summed E-state index contributed by atoms with van der Waals surface area (Å²) in [7, 11) is 1.83. The third-order valence-electron chi connectivity index (χ3n) is 3.54. The van der Waals surface area contributed by atoms with Gasteiger partial charge in [0.1, 0.15) is 0 Å². The number of carbonyl (C=O) groups is 1. The van der Waals surface area contributed by atoms with Gasteiger partial charge in [-0.05, 0) is 12.8 Å². The number of amides is 1. The van der Waals surface area contributed by atoms with Gasteiger partial charge in [0, 0.05) is 38.4 Å². The fraction of sp³-hybridized carbons (Fsp3) is 0.500. The van der Waals surface area contributed by atoms with E-state index < -0.39 is 0 Å². The molecule has 3 rings (SSSR count). The molecule has 0 atom stereocenters. The van der Waals surface area contributed by atoms with Crippen molar-refractivity contribution in [2.45, 2.75) is 18.8 Å². The molecule has 3 heterocycles. The highest BCUT2D eigenvalue weighted by Gasteiger charge is 2.28. The van der Waals surface area contributed by atoms with Crippen molar-refractivity contribution in [2.75, 3.05) is 13.1 Å². The Morgan fingerprint density at radius 3 is 2.74 bits per heavy atom. The number of aromatic nitrogens is 4. The van der Waals surface area contributed by atoms with Gasteiger partial charge in [-0.15, -0.1) is 0 Å². The average molecular weight is 261 g/mol. The lowest BCUT2D eigenvalue weighted by Gasteiger charge is -2.30. The predicted octanol–water partition coefficient (Wildman–Crippen LogP) is 0.823. The van der Waals surface area contributed by atoms with Crippen molar-refractivity contribution in [3.63, 3.8) is 0 Å². The van der Waals surface area contributed by atoms with Crippen LogP contribution < -0.4 is 0 Å². The third-order valence-corrected chi connectivity index (χ3v) is 3.54. The number of hydrogen-bond donors (Lipinski definition) is 0. The van der Waals surface area contributed by atoms with Crippen molar-refractivity contribution >= 4 is 5.91 Å². The number of hydrogen-bond acceptors (Lipinski definition) is 5. The van der Waals surface area contributed by atoms with Crippen LogP contribution in [0.25, 0.3) is 0 Å². The van der Waals surface area contributed by atoms with Crippen LogP contribution in [0.5, 0.6) is 0 Å². The molecule has 0 unspecified atom stereocenters. The van der Waals surface area contributed by atoms with Crippen molar-refractivity contribution in [3.05, 3.63) is 30.4 Å². The van der Waals surface area contributed by atoms with Gasteiger partial charge in [-0.1, -0.05) is 5.16 Å². The Bertz CT molecular complexity index is 554. The van der Waals surface area contributed by atoms with Crippen LogP contribution in [-0.4, -0.2) is 43.6 Å². The summed E-state index contributed by atoms with van der Waals surface area (Å²) < 4.78 is 6.51. The first-order valence-corrected chi connectivity index (χ1v) is 6.28. The molecule has 1 amide bonds. The summed E-state index contributed by atoms with van der Waals surface area (Å²) >= 11 is 0. The second-order valence-corrected chi connectivity index (χ2v) is 4.72. The zero-order valence-corrected chi connectivity index (χ0v) is 10.7. The van der Waals surface area contributed by atoms with Crippen LogP contribution in [-0.2, 0) is 7.05 Å². The Labute approximate surface area is 110 Å². The monoisotopic (exact) mass is 261 g/mol. The van der Waals surface area contributed by atoms with Gasteiger partial charge < -0.3 is 14.0 Å². The maximum absolute atomic E-state index is 12.3. The van der Waals surface area contributed by atoms with Gasteiger partial charge in [0.2, 0.25) is 6.39 Å². The number of carbonyl (C=O) groups excluding carboxylic acids is 1. The minimum Gasteiger partial charge on any atom is -0.343 e. The van der Waals surface area contributed by atoms with Gasteiger partial charge >= 0.3 is 0 Å². The van der Waals surface area contributed by atoms with Crippen molar-refractivity contribution in [1.29, 1.82) is 0 Å². The third kappa shape index (κ3) is 2.23. The lowest BCUT2D eigenvalue weighted by Crippen LogP contribution is -2.39. The van der Waals surface area contributed by atoms with E-state index in [1.54, 1.807) is 17.0 Å². The molecule has 0 bridgehead atoms. The van der Waals surface area contributed by atoms with E-state index in [2.05, 4.69) is 15.1 Å². The highest BCUT2D eigenvalue weighted by Crippen LogP contribution is 2.25. The van der Waals surface area contributed by atoms with E-state index in [0.717, 1.165) is 18.7 Å². The van der Waals surface area contributed by atoms with Crippen LogP contribution >= 0.6 is 0 Å². The maximum atomic E-state index is 12.3. The number of imidazole rings is 1. The highest BCUT2D eigenvalue weighted by atomic mass is 16.5. The van der Waals surface area contributed by atoms with Gasteiger partial charge in [0.15, 0.2) is 11.6 Å². The highest BCUT2D eigenvalue weighted by molar-refractivity contribution is 5.90. The lowest BCUT2D eigenvalue weighted by molar-refractivity contribution is 0.0694. The molecule has 2 aromatic heterocycles. The lowest BCUT2D eigenvalue weighted by atomic mass is 9.96. The number of rotatable bonds is 2. The van der Waals surface area contributed by atoms with E-state index in [1.807, 2.05) is 11.9 Å². The minimum absolute atomic E-state index is 0.0148.